The highest BCUT2D eigenvalue weighted by atomic mass is 16.3. The maximum atomic E-state index is 10.1. The molecule has 1 aliphatic carbocycles. The molecule has 0 saturated heterocycles. The summed E-state index contributed by atoms with van der Waals surface area (Å²) in [7, 11) is 0. The predicted molar refractivity (Wildman–Crippen MR) is 70.3 cm³/mol. The lowest BCUT2D eigenvalue weighted by atomic mass is 9.84. The van der Waals surface area contributed by atoms with Gasteiger partial charge >= 0.3 is 0 Å². The largest absolute Gasteiger partial charge is 0.390 e. The summed E-state index contributed by atoms with van der Waals surface area (Å²) in [6.07, 6.45) is 11.4. The summed E-state index contributed by atoms with van der Waals surface area (Å²) in [5.74, 6) is 0.892. The van der Waals surface area contributed by atoms with Crippen molar-refractivity contribution in [1.82, 2.24) is 0 Å². The Balaban J connectivity index is 2.76. The predicted octanol–water partition coefficient (Wildman–Crippen LogP) is 4.09. The maximum Gasteiger partial charge on any atom is 0.0654 e. The Morgan fingerprint density at radius 3 is 2.56 bits per heavy atom. The van der Waals surface area contributed by atoms with Gasteiger partial charge in [-0.05, 0) is 52.4 Å². The average molecular weight is 222 g/mol. The quantitative estimate of drug-likeness (QED) is 0.663. The maximum absolute atomic E-state index is 10.1. The highest BCUT2D eigenvalue weighted by Gasteiger charge is 2.24. The van der Waals surface area contributed by atoms with Crippen molar-refractivity contribution in [3.05, 3.63) is 23.8 Å². The van der Waals surface area contributed by atoms with Crippen molar-refractivity contribution in [1.29, 1.82) is 0 Å². The van der Waals surface area contributed by atoms with Crippen molar-refractivity contribution in [2.24, 2.45) is 11.8 Å². The number of rotatable bonds is 1. The molecule has 2 atom stereocenters. The van der Waals surface area contributed by atoms with Gasteiger partial charge < -0.3 is 5.11 Å². The molecule has 1 N–H and O–H groups in total. The number of hydrogen-bond acceptors (Lipinski definition) is 1. The van der Waals surface area contributed by atoms with Gasteiger partial charge in [0.2, 0.25) is 0 Å². The van der Waals surface area contributed by atoms with E-state index in [1.165, 1.54) is 18.4 Å². The van der Waals surface area contributed by atoms with E-state index < -0.39 is 5.60 Å². The molecule has 0 aromatic heterocycles. The van der Waals surface area contributed by atoms with Gasteiger partial charge in [-0.3, -0.25) is 0 Å². The van der Waals surface area contributed by atoms with Gasteiger partial charge in [-0.2, -0.15) is 0 Å². The molecular weight excluding hydrogens is 196 g/mol. The average Bonchev–Trinajstić information content (AvgIpc) is 2.15. The molecule has 0 fully saturated rings. The van der Waals surface area contributed by atoms with Gasteiger partial charge in [0, 0.05) is 5.92 Å². The second kappa shape index (κ2) is 5.67. The van der Waals surface area contributed by atoms with Crippen LogP contribution in [0.3, 0.4) is 0 Å². The van der Waals surface area contributed by atoms with E-state index in [0.717, 1.165) is 12.8 Å². The Bertz CT molecular complexity index is 268. The minimum absolute atomic E-state index is 0.274. The third-order valence-electron chi connectivity index (χ3n) is 3.54. The highest BCUT2D eigenvalue weighted by molar-refractivity contribution is 5.05. The molecule has 0 aromatic carbocycles. The molecule has 1 rings (SSSR count). The molecular formula is C15H26O. The Morgan fingerprint density at radius 2 is 1.94 bits per heavy atom. The summed E-state index contributed by atoms with van der Waals surface area (Å²) in [6.45, 7) is 8.29. The molecule has 0 bridgehead atoms. The fourth-order valence-corrected chi connectivity index (χ4v) is 2.18. The van der Waals surface area contributed by atoms with Crippen molar-refractivity contribution in [2.45, 2.75) is 59.0 Å². The Morgan fingerprint density at radius 1 is 1.25 bits per heavy atom. The van der Waals surface area contributed by atoms with Crippen LogP contribution < -0.4 is 0 Å². The van der Waals surface area contributed by atoms with E-state index >= 15 is 0 Å². The lowest BCUT2D eigenvalue weighted by Gasteiger charge is -2.27. The van der Waals surface area contributed by atoms with E-state index in [1.807, 2.05) is 13.8 Å². The summed E-state index contributed by atoms with van der Waals surface area (Å²) in [6, 6.07) is 0. The number of hydrogen-bond donors (Lipinski definition) is 1. The highest BCUT2D eigenvalue weighted by Crippen LogP contribution is 2.27. The Labute approximate surface area is 100 Å². The molecule has 1 heteroatoms. The molecule has 1 aliphatic rings. The number of allylic oxidation sites excluding steroid dienone is 3. The smallest absolute Gasteiger partial charge is 0.0654 e. The number of aliphatic hydroxyl groups is 1. The normalized spacial score (nSPS) is 33.9. The first-order valence-corrected chi connectivity index (χ1v) is 6.46. The first kappa shape index (κ1) is 13.5. The fraction of sp³-hybridized carbons (Fsp3) is 0.733. The molecule has 1 unspecified atom stereocenters. The Hall–Kier alpha value is -0.560. The minimum Gasteiger partial charge on any atom is -0.390 e. The van der Waals surface area contributed by atoms with E-state index in [1.54, 1.807) is 0 Å². The van der Waals surface area contributed by atoms with Crippen LogP contribution in [0.5, 0.6) is 0 Å². The molecule has 16 heavy (non-hydrogen) atoms. The van der Waals surface area contributed by atoms with Crippen molar-refractivity contribution < 1.29 is 5.11 Å². The molecule has 0 amide bonds. The van der Waals surface area contributed by atoms with E-state index in [-0.39, 0.29) is 5.92 Å². The molecule has 0 heterocycles. The van der Waals surface area contributed by atoms with Crippen LogP contribution in [0.4, 0.5) is 0 Å². The van der Waals surface area contributed by atoms with Crippen molar-refractivity contribution in [3.8, 4) is 0 Å². The van der Waals surface area contributed by atoms with Gasteiger partial charge in [0.05, 0.1) is 5.60 Å². The van der Waals surface area contributed by atoms with E-state index in [9.17, 15) is 5.11 Å². The van der Waals surface area contributed by atoms with Crippen LogP contribution in [0.25, 0.3) is 0 Å². The summed E-state index contributed by atoms with van der Waals surface area (Å²) >= 11 is 0. The standard InChI is InChI=1S/C15H26O/c1-12-6-5-7-13(2)9-11-14(10-8-12)15(3,4)16/h6,9,11,13-14,16H,5,7-8,10H2,1-4H3/b11-9-,12-6-/t13-,14?/m0/s1. The second-order valence-corrected chi connectivity index (χ2v) is 5.79. The molecule has 0 spiro atoms. The summed E-state index contributed by atoms with van der Waals surface area (Å²) in [5, 5.41) is 10.1. The first-order valence-electron chi connectivity index (χ1n) is 6.46. The summed E-state index contributed by atoms with van der Waals surface area (Å²) in [4.78, 5) is 0. The van der Waals surface area contributed by atoms with Crippen LogP contribution in [0, 0.1) is 11.8 Å². The summed E-state index contributed by atoms with van der Waals surface area (Å²) in [5.41, 5.74) is 0.868. The van der Waals surface area contributed by atoms with Gasteiger partial charge in [-0.1, -0.05) is 30.7 Å². The zero-order chi connectivity index (χ0) is 12.2. The van der Waals surface area contributed by atoms with Gasteiger partial charge in [-0.15, -0.1) is 0 Å². The molecule has 0 radical (unpaired) electrons. The Kier molecular flexibility index (Phi) is 4.79. The molecule has 0 aromatic rings. The van der Waals surface area contributed by atoms with Crippen LogP contribution in [0.15, 0.2) is 23.8 Å². The van der Waals surface area contributed by atoms with Gasteiger partial charge in [0.1, 0.15) is 0 Å². The third kappa shape index (κ3) is 4.52. The van der Waals surface area contributed by atoms with Crippen LogP contribution in [-0.2, 0) is 0 Å². The van der Waals surface area contributed by atoms with E-state index in [2.05, 4.69) is 32.1 Å². The molecule has 1 nitrogen and oxygen atoms in total. The topological polar surface area (TPSA) is 20.2 Å². The lowest BCUT2D eigenvalue weighted by molar-refractivity contribution is 0.0336. The van der Waals surface area contributed by atoms with Crippen molar-refractivity contribution in [2.75, 3.05) is 0 Å². The monoisotopic (exact) mass is 222 g/mol. The zero-order valence-corrected chi connectivity index (χ0v) is 11.2. The first-order chi connectivity index (χ1) is 7.39. The second-order valence-electron chi connectivity index (χ2n) is 5.79. The fourth-order valence-electron chi connectivity index (χ4n) is 2.18. The molecule has 0 saturated carbocycles. The van der Waals surface area contributed by atoms with Crippen molar-refractivity contribution in [3.63, 3.8) is 0 Å². The zero-order valence-electron chi connectivity index (χ0n) is 11.2. The van der Waals surface area contributed by atoms with Crippen LogP contribution in [0.2, 0.25) is 0 Å². The molecule has 92 valence electrons. The lowest BCUT2D eigenvalue weighted by Crippen LogP contribution is -2.29. The summed E-state index contributed by atoms with van der Waals surface area (Å²) < 4.78 is 0. The van der Waals surface area contributed by atoms with E-state index in [0.29, 0.717) is 5.92 Å². The minimum atomic E-state index is -0.601. The van der Waals surface area contributed by atoms with Crippen LogP contribution in [-0.4, -0.2) is 10.7 Å². The van der Waals surface area contributed by atoms with Crippen LogP contribution in [0.1, 0.15) is 53.4 Å². The van der Waals surface area contributed by atoms with Gasteiger partial charge in [-0.25, -0.2) is 0 Å². The SMILES string of the molecule is C/C1=C/CC[C@H](C)/C=C\C(C(C)(C)O)CC1. The van der Waals surface area contributed by atoms with E-state index in [4.69, 9.17) is 0 Å². The van der Waals surface area contributed by atoms with Gasteiger partial charge in [0.25, 0.3) is 0 Å². The van der Waals surface area contributed by atoms with Crippen LogP contribution >= 0.6 is 0 Å². The third-order valence-corrected chi connectivity index (χ3v) is 3.54. The van der Waals surface area contributed by atoms with Crippen molar-refractivity contribution >= 4 is 0 Å². The van der Waals surface area contributed by atoms with Gasteiger partial charge in [0.15, 0.2) is 0 Å². The molecule has 0 aliphatic heterocycles.